The van der Waals surface area contributed by atoms with Gasteiger partial charge in [-0.3, -0.25) is 0 Å². The zero-order valence-electron chi connectivity index (χ0n) is 11.5. The lowest BCUT2D eigenvalue weighted by Gasteiger charge is -2.49. The van der Waals surface area contributed by atoms with Gasteiger partial charge < -0.3 is 10.6 Å². The maximum atomic E-state index is 6.20. The third kappa shape index (κ3) is 2.14. The fourth-order valence-corrected chi connectivity index (χ4v) is 3.94. The fraction of sp³-hybridized carbons (Fsp3) is 0.625. The minimum absolute atomic E-state index is 0.419. The molecule has 2 aliphatic heterocycles. The highest BCUT2D eigenvalue weighted by Gasteiger charge is 2.37. The van der Waals surface area contributed by atoms with E-state index in [-0.39, 0.29) is 0 Å². The summed E-state index contributed by atoms with van der Waals surface area (Å²) in [5.74, 6) is 0. The van der Waals surface area contributed by atoms with Gasteiger partial charge in [-0.25, -0.2) is 0 Å². The predicted molar refractivity (Wildman–Crippen MR) is 77.0 cm³/mol. The van der Waals surface area contributed by atoms with E-state index < -0.39 is 0 Å². The monoisotopic (exact) mass is 244 g/mol. The summed E-state index contributed by atoms with van der Waals surface area (Å²) in [4.78, 5) is 2.67. The van der Waals surface area contributed by atoms with Gasteiger partial charge in [-0.05, 0) is 69.2 Å². The molecule has 0 saturated carbocycles. The smallest absolute Gasteiger partial charge is 0.0376 e. The predicted octanol–water partition coefficient (Wildman–Crippen LogP) is 3.15. The number of nitrogens with zero attached hydrogens (tertiary/aromatic N) is 1. The molecule has 2 heteroatoms. The molecule has 2 fully saturated rings. The number of piperidine rings is 2. The van der Waals surface area contributed by atoms with Gasteiger partial charge in [0.15, 0.2) is 0 Å². The Balaban J connectivity index is 1.95. The summed E-state index contributed by atoms with van der Waals surface area (Å²) in [5.41, 5.74) is 10.4. The Morgan fingerprint density at radius 3 is 2.11 bits per heavy atom. The van der Waals surface area contributed by atoms with Crippen LogP contribution in [0.1, 0.15) is 43.2 Å². The number of benzene rings is 1. The molecule has 2 atom stereocenters. The molecule has 0 aromatic heterocycles. The highest BCUT2D eigenvalue weighted by molar-refractivity contribution is 5.53. The van der Waals surface area contributed by atoms with E-state index in [0.29, 0.717) is 18.1 Å². The van der Waals surface area contributed by atoms with Crippen molar-refractivity contribution in [3.05, 3.63) is 29.3 Å². The van der Waals surface area contributed by atoms with Crippen molar-refractivity contribution in [2.24, 2.45) is 5.73 Å². The molecule has 2 saturated heterocycles. The second-order valence-corrected chi connectivity index (χ2v) is 6.22. The average Bonchev–Trinajstić information content (AvgIpc) is 2.26. The average molecular weight is 244 g/mol. The Kier molecular flexibility index (Phi) is 3.06. The molecule has 1 aromatic rings. The molecule has 98 valence electrons. The van der Waals surface area contributed by atoms with Gasteiger partial charge in [0.25, 0.3) is 0 Å². The van der Waals surface area contributed by atoms with Gasteiger partial charge in [-0.1, -0.05) is 6.07 Å². The summed E-state index contributed by atoms with van der Waals surface area (Å²) in [5, 5.41) is 0. The second-order valence-electron chi connectivity index (χ2n) is 6.22. The van der Waals surface area contributed by atoms with Gasteiger partial charge in [-0.2, -0.15) is 0 Å². The zero-order valence-corrected chi connectivity index (χ0v) is 11.5. The van der Waals surface area contributed by atoms with Crippen molar-refractivity contribution in [1.82, 2.24) is 0 Å². The third-order valence-electron chi connectivity index (χ3n) is 4.52. The van der Waals surface area contributed by atoms with E-state index in [1.165, 1.54) is 48.9 Å². The van der Waals surface area contributed by atoms with Crippen molar-refractivity contribution >= 4 is 5.69 Å². The first-order valence-corrected chi connectivity index (χ1v) is 7.25. The molecule has 2 bridgehead atoms. The first-order chi connectivity index (χ1) is 8.63. The number of hydrogen-bond donors (Lipinski definition) is 1. The Hall–Kier alpha value is -1.02. The topological polar surface area (TPSA) is 29.3 Å². The molecular weight excluding hydrogens is 220 g/mol. The maximum absolute atomic E-state index is 6.20. The van der Waals surface area contributed by atoms with Crippen LogP contribution in [0.25, 0.3) is 0 Å². The highest BCUT2D eigenvalue weighted by Crippen LogP contribution is 2.37. The van der Waals surface area contributed by atoms with Gasteiger partial charge in [0.1, 0.15) is 0 Å². The molecule has 2 unspecified atom stereocenters. The summed E-state index contributed by atoms with van der Waals surface area (Å²) in [6.07, 6.45) is 6.35. The van der Waals surface area contributed by atoms with E-state index in [1.54, 1.807) is 0 Å². The summed E-state index contributed by atoms with van der Waals surface area (Å²) < 4.78 is 0. The van der Waals surface area contributed by atoms with E-state index in [1.807, 2.05) is 0 Å². The minimum Gasteiger partial charge on any atom is -0.365 e. The van der Waals surface area contributed by atoms with Gasteiger partial charge in [-0.15, -0.1) is 0 Å². The summed E-state index contributed by atoms with van der Waals surface area (Å²) in [7, 11) is 0. The summed E-state index contributed by atoms with van der Waals surface area (Å²) in [6.45, 7) is 4.39. The molecule has 0 spiro atoms. The maximum Gasteiger partial charge on any atom is 0.0376 e. The first kappa shape index (κ1) is 12.0. The van der Waals surface area contributed by atoms with Crippen LogP contribution < -0.4 is 10.6 Å². The number of aryl methyl sites for hydroxylation is 2. The van der Waals surface area contributed by atoms with Crippen molar-refractivity contribution in [2.45, 2.75) is 64.1 Å². The standard InChI is InChI=1S/C16H24N2/c1-11-6-12(2)8-16(7-11)18-14-4-3-5-15(18)10-13(17)9-14/h6-8,13-15H,3-5,9-10,17H2,1-2H3. The number of hydrogen-bond acceptors (Lipinski definition) is 2. The molecule has 2 aliphatic rings. The second kappa shape index (κ2) is 4.58. The molecule has 2 nitrogen and oxygen atoms in total. The molecule has 1 aromatic carbocycles. The number of fused-ring (bicyclic) bond motifs is 2. The third-order valence-corrected chi connectivity index (χ3v) is 4.52. The van der Waals surface area contributed by atoms with Crippen LogP contribution in [0.15, 0.2) is 18.2 Å². The largest absolute Gasteiger partial charge is 0.365 e. The number of anilines is 1. The van der Waals surface area contributed by atoms with Gasteiger partial charge in [0, 0.05) is 23.8 Å². The van der Waals surface area contributed by atoms with E-state index in [2.05, 4.69) is 36.9 Å². The Morgan fingerprint density at radius 1 is 1.00 bits per heavy atom. The molecular formula is C16H24N2. The SMILES string of the molecule is Cc1cc(C)cc(N2C3CCCC2CC(N)C3)c1. The Bertz CT molecular complexity index is 406. The summed E-state index contributed by atoms with van der Waals surface area (Å²) in [6, 6.07) is 8.71. The van der Waals surface area contributed by atoms with Gasteiger partial charge in [0.05, 0.1) is 0 Å². The highest BCUT2D eigenvalue weighted by atomic mass is 15.2. The Morgan fingerprint density at radius 2 is 1.56 bits per heavy atom. The molecule has 0 radical (unpaired) electrons. The van der Waals surface area contributed by atoms with Crippen molar-refractivity contribution in [2.75, 3.05) is 4.90 Å². The lowest BCUT2D eigenvalue weighted by molar-refractivity contribution is 0.271. The van der Waals surface area contributed by atoms with Gasteiger partial charge >= 0.3 is 0 Å². The molecule has 0 amide bonds. The van der Waals surface area contributed by atoms with Crippen LogP contribution in [0.3, 0.4) is 0 Å². The number of nitrogens with two attached hydrogens (primary N) is 1. The lowest BCUT2D eigenvalue weighted by Crippen LogP contribution is -2.55. The molecule has 18 heavy (non-hydrogen) atoms. The normalized spacial score (nSPS) is 31.5. The minimum atomic E-state index is 0.419. The number of rotatable bonds is 1. The van der Waals surface area contributed by atoms with Crippen LogP contribution in [0.2, 0.25) is 0 Å². The van der Waals surface area contributed by atoms with Crippen LogP contribution in [-0.2, 0) is 0 Å². The molecule has 2 N–H and O–H groups in total. The molecule has 3 rings (SSSR count). The molecule has 2 heterocycles. The zero-order chi connectivity index (χ0) is 12.7. The van der Waals surface area contributed by atoms with Gasteiger partial charge in [0.2, 0.25) is 0 Å². The van der Waals surface area contributed by atoms with Crippen molar-refractivity contribution < 1.29 is 0 Å². The van der Waals surface area contributed by atoms with Crippen LogP contribution in [0.5, 0.6) is 0 Å². The molecule has 0 aliphatic carbocycles. The van der Waals surface area contributed by atoms with Crippen molar-refractivity contribution in [3.8, 4) is 0 Å². The Labute approximate surface area is 110 Å². The van der Waals surface area contributed by atoms with E-state index in [4.69, 9.17) is 5.73 Å². The van der Waals surface area contributed by atoms with E-state index in [0.717, 1.165) is 0 Å². The fourth-order valence-electron chi connectivity index (χ4n) is 3.94. The van der Waals surface area contributed by atoms with E-state index in [9.17, 15) is 0 Å². The van der Waals surface area contributed by atoms with Crippen LogP contribution in [0.4, 0.5) is 5.69 Å². The van der Waals surface area contributed by atoms with Crippen LogP contribution in [0, 0.1) is 13.8 Å². The van der Waals surface area contributed by atoms with Crippen molar-refractivity contribution in [3.63, 3.8) is 0 Å². The van der Waals surface area contributed by atoms with Crippen LogP contribution >= 0.6 is 0 Å². The van der Waals surface area contributed by atoms with Crippen LogP contribution in [-0.4, -0.2) is 18.1 Å². The van der Waals surface area contributed by atoms with Crippen molar-refractivity contribution in [1.29, 1.82) is 0 Å². The lowest BCUT2D eigenvalue weighted by atomic mass is 9.81. The first-order valence-electron chi connectivity index (χ1n) is 7.25. The summed E-state index contributed by atoms with van der Waals surface area (Å²) >= 11 is 0. The quantitative estimate of drug-likeness (QED) is 0.822. The van der Waals surface area contributed by atoms with E-state index >= 15 is 0 Å².